The normalized spacial score (nSPS) is 28.7. The summed E-state index contributed by atoms with van der Waals surface area (Å²) in [5, 5.41) is 9.39. The van der Waals surface area contributed by atoms with Crippen molar-refractivity contribution in [3.63, 3.8) is 0 Å². The summed E-state index contributed by atoms with van der Waals surface area (Å²) in [7, 11) is 0. The van der Waals surface area contributed by atoms with E-state index in [-0.39, 0.29) is 5.41 Å². The summed E-state index contributed by atoms with van der Waals surface area (Å²) in [5.74, 6) is 0.362. The molecule has 0 aromatic heterocycles. The van der Waals surface area contributed by atoms with Crippen molar-refractivity contribution in [3.8, 4) is 0 Å². The van der Waals surface area contributed by atoms with Gasteiger partial charge in [0, 0.05) is 11.9 Å². The second-order valence-corrected chi connectivity index (χ2v) is 6.01. The molecule has 1 atom stereocenters. The molecule has 4 heteroatoms. The summed E-state index contributed by atoms with van der Waals surface area (Å²) in [6.45, 7) is 1.76. The molecule has 1 unspecified atom stereocenters. The number of carboxylic acids is 1. The van der Waals surface area contributed by atoms with Gasteiger partial charge in [-0.2, -0.15) is 11.8 Å². The van der Waals surface area contributed by atoms with Gasteiger partial charge in [-0.1, -0.05) is 0 Å². The molecule has 0 aromatic carbocycles. The number of ether oxygens (including phenoxy) is 1. The number of thioether (sulfide) groups is 1. The zero-order valence-electron chi connectivity index (χ0n) is 8.91. The van der Waals surface area contributed by atoms with E-state index in [0.29, 0.717) is 11.7 Å². The highest BCUT2D eigenvalue weighted by molar-refractivity contribution is 7.99. The van der Waals surface area contributed by atoms with Crippen LogP contribution in [-0.2, 0) is 9.53 Å². The van der Waals surface area contributed by atoms with Crippen molar-refractivity contribution < 1.29 is 14.6 Å². The molecule has 0 amide bonds. The third-order valence-electron chi connectivity index (χ3n) is 3.23. The lowest BCUT2D eigenvalue weighted by molar-refractivity contribution is -0.138. The maximum absolute atomic E-state index is 10.7. The molecule has 2 rings (SSSR count). The molecule has 1 saturated carbocycles. The molecule has 1 aliphatic carbocycles. The number of carbonyl (C=O) groups is 1. The van der Waals surface area contributed by atoms with Crippen molar-refractivity contribution in [3.05, 3.63) is 0 Å². The van der Waals surface area contributed by atoms with Gasteiger partial charge in [0.05, 0.1) is 13.0 Å². The topological polar surface area (TPSA) is 46.5 Å². The fourth-order valence-corrected chi connectivity index (χ4v) is 3.51. The molecule has 0 radical (unpaired) electrons. The average molecular weight is 230 g/mol. The number of carboxylic acid groups (broad SMARTS) is 1. The first-order valence-electron chi connectivity index (χ1n) is 5.61. The van der Waals surface area contributed by atoms with Gasteiger partial charge >= 0.3 is 5.97 Å². The summed E-state index contributed by atoms with van der Waals surface area (Å²) in [4.78, 5) is 10.7. The van der Waals surface area contributed by atoms with Gasteiger partial charge in [0.25, 0.3) is 0 Å². The minimum Gasteiger partial charge on any atom is -0.481 e. The Kier molecular flexibility index (Phi) is 3.57. The second kappa shape index (κ2) is 4.74. The van der Waals surface area contributed by atoms with E-state index in [1.54, 1.807) is 0 Å². The van der Waals surface area contributed by atoms with Gasteiger partial charge in [0.15, 0.2) is 0 Å². The van der Waals surface area contributed by atoms with Crippen molar-refractivity contribution in [2.45, 2.75) is 37.4 Å². The molecule has 2 fully saturated rings. The Morgan fingerprint density at radius 2 is 2.33 bits per heavy atom. The Balaban J connectivity index is 1.70. The quantitative estimate of drug-likeness (QED) is 0.786. The minimum absolute atomic E-state index is 0.133. The highest BCUT2D eigenvalue weighted by Crippen LogP contribution is 2.51. The van der Waals surface area contributed by atoms with E-state index < -0.39 is 5.97 Å². The highest BCUT2D eigenvalue weighted by Gasteiger charge is 2.44. The van der Waals surface area contributed by atoms with Crippen molar-refractivity contribution in [2.24, 2.45) is 5.41 Å². The molecule has 3 nitrogen and oxygen atoms in total. The molecule has 1 aliphatic heterocycles. The fourth-order valence-electron chi connectivity index (χ4n) is 2.01. The molecular formula is C11H18O3S. The van der Waals surface area contributed by atoms with Crippen LogP contribution in [0.5, 0.6) is 0 Å². The van der Waals surface area contributed by atoms with Crippen LogP contribution in [0.15, 0.2) is 0 Å². The van der Waals surface area contributed by atoms with Gasteiger partial charge in [-0.25, -0.2) is 0 Å². The SMILES string of the molecule is O=C(O)CC1(CSC2CCCOC2)CC1. The summed E-state index contributed by atoms with van der Waals surface area (Å²) in [6, 6.07) is 0. The standard InChI is InChI=1S/C11H18O3S/c12-10(13)6-11(3-4-11)8-15-9-2-1-5-14-7-9/h9H,1-8H2,(H,12,13). The van der Waals surface area contributed by atoms with Crippen LogP contribution in [0.2, 0.25) is 0 Å². The van der Waals surface area contributed by atoms with Gasteiger partial charge < -0.3 is 9.84 Å². The number of rotatable bonds is 5. The van der Waals surface area contributed by atoms with Crippen molar-refractivity contribution in [1.82, 2.24) is 0 Å². The first-order valence-corrected chi connectivity index (χ1v) is 6.66. The molecule has 1 N–H and O–H groups in total. The Morgan fingerprint density at radius 3 is 2.87 bits per heavy atom. The van der Waals surface area contributed by atoms with Crippen LogP contribution in [0.25, 0.3) is 0 Å². The third kappa shape index (κ3) is 3.38. The van der Waals surface area contributed by atoms with E-state index >= 15 is 0 Å². The first kappa shape index (κ1) is 11.3. The monoisotopic (exact) mass is 230 g/mol. The van der Waals surface area contributed by atoms with Gasteiger partial charge in [0.2, 0.25) is 0 Å². The van der Waals surface area contributed by atoms with E-state index in [4.69, 9.17) is 9.84 Å². The second-order valence-electron chi connectivity index (χ2n) is 4.72. The molecule has 2 aliphatic rings. The van der Waals surface area contributed by atoms with Gasteiger partial charge in [-0.05, 0) is 36.9 Å². The van der Waals surface area contributed by atoms with Crippen LogP contribution in [-0.4, -0.2) is 35.3 Å². The van der Waals surface area contributed by atoms with Crippen LogP contribution < -0.4 is 0 Å². The Bertz CT molecular complexity index is 232. The van der Waals surface area contributed by atoms with E-state index in [1.807, 2.05) is 11.8 Å². The smallest absolute Gasteiger partial charge is 0.303 e. The number of hydrogen-bond donors (Lipinski definition) is 1. The lowest BCUT2D eigenvalue weighted by Gasteiger charge is -2.23. The maximum Gasteiger partial charge on any atom is 0.303 e. The molecule has 0 spiro atoms. The predicted octanol–water partition coefficient (Wildman–Crippen LogP) is 2.15. The molecule has 15 heavy (non-hydrogen) atoms. The lowest BCUT2D eigenvalue weighted by Crippen LogP contribution is -2.22. The Hall–Kier alpha value is -0.220. The maximum atomic E-state index is 10.7. The number of aliphatic carboxylic acids is 1. The largest absolute Gasteiger partial charge is 0.481 e. The van der Waals surface area contributed by atoms with Crippen LogP contribution in [0.3, 0.4) is 0 Å². The van der Waals surface area contributed by atoms with Crippen LogP contribution in [0, 0.1) is 5.41 Å². The Labute approximate surface area is 94.6 Å². The third-order valence-corrected chi connectivity index (χ3v) is 4.85. The molecule has 0 bridgehead atoms. The van der Waals surface area contributed by atoms with Crippen LogP contribution in [0.1, 0.15) is 32.1 Å². The van der Waals surface area contributed by atoms with Crippen molar-refractivity contribution >= 4 is 17.7 Å². The van der Waals surface area contributed by atoms with E-state index in [0.717, 1.165) is 38.2 Å². The fraction of sp³-hybridized carbons (Fsp3) is 0.909. The summed E-state index contributed by atoms with van der Waals surface area (Å²) >= 11 is 1.92. The summed E-state index contributed by atoms with van der Waals surface area (Å²) in [5.41, 5.74) is 0.133. The van der Waals surface area contributed by atoms with E-state index in [9.17, 15) is 4.79 Å². The first-order chi connectivity index (χ1) is 7.20. The average Bonchev–Trinajstić information content (AvgIpc) is 2.96. The lowest BCUT2D eigenvalue weighted by atomic mass is 10.1. The minimum atomic E-state index is -0.645. The van der Waals surface area contributed by atoms with Crippen LogP contribution >= 0.6 is 11.8 Å². The molecule has 1 heterocycles. The van der Waals surface area contributed by atoms with Gasteiger partial charge in [-0.15, -0.1) is 0 Å². The Morgan fingerprint density at radius 1 is 1.53 bits per heavy atom. The molecule has 0 aromatic rings. The van der Waals surface area contributed by atoms with Gasteiger partial charge in [0.1, 0.15) is 0 Å². The summed E-state index contributed by atoms with van der Waals surface area (Å²) in [6.07, 6.45) is 4.94. The zero-order valence-corrected chi connectivity index (χ0v) is 9.72. The van der Waals surface area contributed by atoms with Crippen molar-refractivity contribution in [1.29, 1.82) is 0 Å². The molecular weight excluding hydrogens is 212 g/mol. The predicted molar refractivity (Wildman–Crippen MR) is 60.2 cm³/mol. The van der Waals surface area contributed by atoms with Gasteiger partial charge in [-0.3, -0.25) is 4.79 Å². The molecule has 1 saturated heterocycles. The van der Waals surface area contributed by atoms with E-state index in [2.05, 4.69) is 0 Å². The highest BCUT2D eigenvalue weighted by atomic mass is 32.2. The zero-order chi connectivity index (χ0) is 10.7. The summed E-state index contributed by atoms with van der Waals surface area (Å²) < 4.78 is 5.41. The number of hydrogen-bond acceptors (Lipinski definition) is 3. The van der Waals surface area contributed by atoms with E-state index in [1.165, 1.54) is 6.42 Å². The van der Waals surface area contributed by atoms with Crippen molar-refractivity contribution in [2.75, 3.05) is 19.0 Å². The van der Waals surface area contributed by atoms with Crippen LogP contribution in [0.4, 0.5) is 0 Å². The molecule has 86 valence electrons.